The first-order chi connectivity index (χ1) is 7.81. The number of nitrogens with zero attached hydrogens (tertiary/aromatic N) is 1. The van der Waals surface area contributed by atoms with E-state index >= 15 is 0 Å². The molecule has 0 radical (unpaired) electrons. The van der Waals surface area contributed by atoms with Crippen LogP contribution in [0.4, 0.5) is 0 Å². The summed E-state index contributed by atoms with van der Waals surface area (Å²) in [6.45, 7) is 7.54. The molecule has 2 bridgehead atoms. The zero-order valence-electron chi connectivity index (χ0n) is 10.6. The summed E-state index contributed by atoms with van der Waals surface area (Å²) in [7, 11) is 0. The lowest BCUT2D eigenvalue weighted by Gasteiger charge is -2.29. The van der Waals surface area contributed by atoms with Crippen molar-refractivity contribution in [1.29, 1.82) is 0 Å². The van der Waals surface area contributed by atoms with E-state index in [1.54, 1.807) is 19.3 Å². The number of nitrogens with one attached hydrogen (secondary N) is 1. The van der Waals surface area contributed by atoms with E-state index < -0.39 is 0 Å². The summed E-state index contributed by atoms with van der Waals surface area (Å²) >= 11 is 0. The van der Waals surface area contributed by atoms with Gasteiger partial charge in [-0.05, 0) is 63.5 Å². The SMILES string of the molecule is CC1CN(CC2CC3CCC2C3)CCCN1. The van der Waals surface area contributed by atoms with Gasteiger partial charge in [0, 0.05) is 19.1 Å². The molecule has 2 nitrogen and oxygen atoms in total. The zero-order chi connectivity index (χ0) is 11.0. The summed E-state index contributed by atoms with van der Waals surface area (Å²) in [4.78, 5) is 2.73. The first-order valence-electron chi connectivity index (χ1n) is 7.27. The maximum Gasteiger partial charge on any atom is 0.0166 e. The van der Waals surface area contributed by atoms with E-state index in [4.69, 9.17) is 0 Å². The zero-order valence-corrected chi connectivity index (χ0v) is 10.6. The van der Waals surface area contributed by atoms with Crippen molar-refractivity contribution in [3.8, 4) is 0 Å². The molecular weight excluding hydrogens is 196 g/mol. The Balaban J connectivity index is 1.53. The third kappa shape index (κ3) is 2.28. The summed E-state index contributed by atoms with van der Waals surface area (Å²) in [6.07, 6.45) is 7.52. The first-order valence-corrected chi connectivity index (χ1v) is 7.27. The van der Waals surface area contributed by atoms with Crippen LogP contribution in [-0.4, -0.2) is 37.1 Å². The average molecular weight is 222 g/mol. The van der Waals surface area contributed by atoms with Gasteiger partial charge in [-0.25, -0.2) is 0 Å². The van der Waals surface area contributed by atoms with Gasteiger partial charge in [0.25, 0.3) is 0 Å². The Morgan fingerprint density at radius 2 is 2.19 bits per heavy atom. The molecule has 4 unspecified atom stereocenters. The Hall–Kier alpha value is -0.0800. The maximum atomic E-state index is 3.59. The van der Waals surface area contributed by atoms with E-state index in [0.717, 1.165) is 17.8 Å². The lowest BCUT2D eigenvalue weighted by molar-refractivity contribution is 0.189. The molecule has 2 aliphatic carbocycles. The van der Waals surface area contributed by atoms with Gasteiger partial charge in [-0.3, -0.25) is 0 Å². The lowest BCUT2D eigenvalue weighted by Crippen LogP contribution is -2.38. The molecule has 0 amide bonds. The minimum atomic E-state index is 0.695. The van der Waals surface area contributed by atoms with Gasteiger partial charge in [0.15, 0.2) is 0 Å². The third-order valence-electron chi connectivity index (χ3n) is 5.05. The highest BCUT2D eigenvalue weighted by atomic mass is 15.2. The van der Waals surface area contributed by atoms with Crippen LogP contribution in [0.25, 0.3) is 0 Å². The fourth-order valence-electron chi connectivity index (χ4n) is 4.29. The molecule has 0 aromatic rings. The second kappa shape index (κ2) is 4.66. The van der Waals surface area contributed by atoms with E-state index in [9.17, 15) is 0 Å². The number of hydrogen-bond acceptors (Lipinski definition) is 2. The van der Waals surface area contributed by atoms with E-state index in [1.165, 1.54) is 39.0 Å². The Labute approximate surface area is 99.8 Å². The van der Waals surface area contributed by atoms with Crippen LogP contribution in [0.2, 0.25) is 0 Å². The molecule has 2 heteroatoms. The second-order valence-electron chi connectivity index (χ2n) is 6.40. The number of fused-ring (bicyclic) bond motifs is 2. The molecule has 0 aromatic heterocycles. The van der Waals surface area contributed by atoms with Crippen molar-refractivity contribution in [2.24, 2.45) is 17.8 Å². The summed E-state index contributed by atoms with van der Waals surface area (Å²) in [6, 6.07) is 0.695. The van der Waals surface area contributed by atoms with Crippen LogP contribution in [0.15, 0.2) is 0 Å². The molecule has 4 atom stereocenters. The highest BCUT2D eigenvalue weighted by Gasteiger charge is 2.39. The second-order valence-corrected chi connectivity index (χ2v) is 6.40. The van der Waals surface area contributed by atoms with Gasteiger partial charge in [0.2, 0.25) is 0 Å². The minimum absolute atomic E-state index is 0.695. The summed E-state index contributed by atoms with van der Waals surface area (Å²) in [5.41, 5.74) is 0. The summed E-state index contributed by atoms with van der Waals surface area (Å²) < 4.78 is 0. The highest BCUT2D eigenvalue weighted by molar-refractivity contribution is 4.91. The van der Waals surface area contributed by atoms with Crippen molar-refractivity contribution in [3.05, 3.63) is 0 Å². The molecule has 1 N–H and O–H groups in total. The molecular formula is C14H26N2. The standard InChI is InChI=1S/C14H26N2/c1-11-9-16(6-2-5-15-11)10-14-8-12-3-4-13(14)7-12/h11-15H,2-10H2,1H3. The molecule has 1 heterocycles. The van der Waals surface area contributed by atoms with Gasteiger partial charge in [0.05, 0.1) is 0 Å². The molecule has 16 heavy (non-hydrogen) atoms. The largest absolute Gasteiger partial charge is 0.313 e. The smallest absolute Gasteiger partial charge is 0.0166 e. The van der Waals surface area contributed by atoms with Gasteiger partial charge in [0.1, 0.15) is 0 Å². The molecule has 1 saturated heterocycles. The van der Waals surface area contributed by atoms with Crippen LogP contribution in [0, 0.1) is 17.8 Å². The van der Waals surface area contributed by atoms with Crippen molar-refractivity contribution in [2.45, 2.75) is 45.1 Å². The van der Waals surface area contributed by atoms with E-state index in [0.29, 0.717) is 6.04 Å². The third-order valence-corrected chi connectivity index (χ3v) is 5.05. The van der Waals surface area contributed by atoms with Crippen LogP contribution < -0.4 is 5.32 Å². The quantitative estimate of drug-likeness (QED) is 0.770. The van der Waals surface area contributed by atoms with Gasteiger partial charge < -0.3 is 10.2 Å². The van der Waals surface area contributed by atoms with Gasteiger partial charge in [-0.15, -0.1) is 0 Å². The van der Waals surface area contributed by atoms with Gasteiger partial charge in [-0.1, -0.05) is 6.42 Å². The predicted molar refractivity (Wildman–Crippen MR) is 67.5 cm³/mol. The molecule has 3 fully saturated rings. The van der Waals surface area contributed by atoms with Crippen molar-refractivity contribution in [1.82, 2.24) is 10.2 Å². The Morgan fingerprint density at radius 1 is 1.25 bits per heavy atom. The van der Waals surface area contributed by atoms with Crippen molar-refractivity contribution in [3.63, 3.8) is 0 Å². The molecule has 2 saturated carbocycles. The molecule has 0 spiro atoms. The highest BCUT2D eigenvalue weighted by Crippen LogP contribution is 2.48. The lowest BCUT2D eigenvalue weighted by atomic mass is 9.88. The normalized spacial score (nSPS) is 44.8. The fourth-order valence-corrected chi connectivity index (χ4v) is 4.29. The fraction of sp³-hybridized carbons (Fsp3) is 1.00. The Morgan fingerprint density at radius 3 is 2.94 bits per heavy atom. The Bertz CT molecular complexity index is 241. The monoisotopic (exact) mass is 222 g/mol. The topological polar surface area (TPSA) is 15.3 Å². The predicted octanol–water partition coefficient (Wildman–Crippen LogP) is 2.11. The van der Waals surface area contributed by atoms with Crippen molar-refractivity contribution in [2.75, 3.05) is 26.2 Å². The maximum absolute atomic E-state index is 3.59. The molecule has 1 aliphatic heterocycles. The van der Waals surface area contributed by atoms with Gasteiger partial charge in [-0.2, -0.15) is 0 Å². The Kier molecular flexibility index (Phi) is 3.21. The van der Waals surface area contributed by atoms with Crippen molar-refractivity contribution >= 4 is 0 Å². The number of rotatable bonds is 2. The minimum Gasteiger partial charge on any atom is -0.313 e. The van der Waals surface area contributed by atoms with Crippen LogP contribution in [0.5, 0.6) is 0 Å². The van der Waals surface area contributed by atoms with E-state index in [-0.39, 0.29) is 0 Å². The summed E-state index contributed by atoms with van der Waals surface area (Å²) in [5, 5.41) is 3.59. The van der Waals surface area contributed by atoms with Crippen LogP contribution >= 0.6 is 0 Å². The average Bonchev–Trinajstić information content (AvgIpc) is 2.80. The van der Waals surface area contributed by atoms with Crippen molar-refractivity contribution < 1.29 is 0 Å². The van der Waals surface area contributed by atoms with Crippen LogP contribution in [0.1, 0.15) is 39.0 Å². The molecule has 0 aromatic carbocycles. The van der Waals surface area contributed by atoms with Crippen LogP contribution in [0.3, 0.4) is 0 Å². The first kappa shape index (κ1) is 11.0. The molecule has 3 aliphatic rings. The summed E-state index contributed by atoms with van der Waals surface area (Å²) in [5.74, 6) is 3.25. The number of hydrogen-bond donors (Lipinski definition) is 1. The molecule has 3 rings (SSSR count). The van der Waals surface area contributed by atoms with E-state index in [1.807, 2.05) is 0 Å². The molecule has 92 valence electrons. The van der Waals surface area contributed by atoms with E-state index in [2.05, 4.69) is 17.1 Å². The van der Waals surface area contributed by atoms with Gasteiger partial charge >= 0.3 is 0 Å². The van der Waals surface area contributed by atoms with Crippen LogP contribution in [-0.2, 0) is 0 Å².